The lowest BCUT2D eigenvalue weighted by atomic mass is 10.2. The first-order valence-electron chi connectivity index (χ1n) is 10.1. The third-order valence-electron chi connectivity index (χ3n) is 5.33. The molecule has 1 aliphatic rings. The van der Waals surface area contributed by atoms with Crippen molar-refractivity contribution in [1.82, 2.24) is 9.88 Å². The van der Waals surface area contributed by atoms with Crippen molar-refractivity contribution in [2.75, 3.05) is 36.8 Å². The van der Waals surface area contributed by atoms with Gasteiger partial charge in [0.15, 0.2) is 0 Å². The van der Waals surface area contributed by atoms with Crippen molar-refractivity contribution in [3.05, 3.63) is 71.1 Å². The highest BCUT2D eigenvalue weighted by Crippen LogP contribution is 2.28. The molecule has 0 N–H and O–H groups in total. The number of oxazole rings is 1. The van der Waals surface area contributed by atoms with E-state index >= 15 is 0 Å². The lowest BCUT2D eigenvalue weighted by Gasteiger charge is -2.36. The number of aromatic nitrogens is 1. The number of carbonyl (C=O) groups excluding carboxylic acids is 1. The molecule has 31 heavy (non-hydrogen) atoms. The van der Waals surface area contributed by atoms with Crippen LogP contribution < -0.4 is 4.90 Å². The van der Waals surface area contributed by atoms with E-state index in [0.717, 1.165) is 18.8 Å². The molecule has 0 spiro atoms. The van der Waals surface area contributed by atoms with E-state index in [2.05, 4.69) is 22.0 Å². The van der Waals surface area contributed by atoms with Crippen LogP contribution in [0.5, 0.6) is 0 Å². The summed E-state index contributed by atoms with van der Waals surface area (Å²) in [5.74, 6) is 1.07. The summed E-state index contributed by atoms with van der Waals surface area (Å²) in [5, 5.41) is 0.543. The SMILES string of the molecule is Cc1oc(-c2ccccc2Cl)nc1C[S@](=O)CC(=O)N1CCN(c2ccccc2)CC1. The Morgan fingerprint density at radius 1 is 1.06 bits per heavy atom. The molecule has 1 atom stereocenters. The van der Waals surface area contributed by atoms with Gasteiger partial charge in [0.1, 0.15) is 11.5 Å². The number of anilines is 1. The molecule has 3 aromatic rings. The topological polar surface area (TPSA) is 66.7 Å². The normalized spacial score (nSPS) is 15.2. The average Bonchev–Trinajstić information content (AvgIpc) is 3.14. The number of benzene rings is 2. The highest BCUT2D eigenvalue weighted by atomic mass is 35.5. The van der Waals surface area contributed by atoms with E-state index in [-0.39, 0.29) is 17.4 Å². The van der Waals surface area contributed by atoms with E-state index in [4.69, 9.17) is 16.0 Å². The van der Waals surface area contributed by atoms with Crippen LogP contribution in [-0.4, -0.2) is 51.9 Å². The number of piperazine rings is 1. The molecule has 1 fully saturated rings. The first-order chi connectivity index (χ1) is 15.0. The standard InChI is InChI=1S/C23H24ClN3O3S/c1-17-21(25-23(30-17)19-9-5-6-10-20(19)24)15-31(29)16-22(28)27-13-11-26(12-14-27)18-7-3-2-4-8-18/h2-10H,11-16H2,1H3/t31-/m0/s1. The molecule has 2 aromatic carbocycles. The van der Waals surface area contributed by atoms with Crippen LogP contribution in [0.3, 0.4) is 0 Å². The minimum Gasteiger partial charge on any atom is -0.441 e. The number of hydrogen-bond acceptors (Lipinski definition) is 5. The molecule has 1 aliphatic heterocycles. The molecule has 0 aliphatic carbocycles. The highest BCUT2D eigenvalue weighted by molar-refractivity contribution is 7.84. The second kappa shape index (κ2) is 9.66. The van der Waals surface area contributed by atoms with Crippen LogP contribution in [0.4, 0.5) is 5.69 Å². The molecule has 0 bridgehead atoms. The highest BCUT2D eigenvalue weighted by Gasteiger charge is 2.23. The van der Waals surface area contributed by atoms with E-state index < -0.39 is 10.8 Å². The fourth-order valence-electron chi connectivity index (χ4n) is 3.60. The Kier molecular flexibility index (Phi) is 6.73. The van der Waals surface area contributed by atoms with Crippen molar-refractivity contribution in [1.29, 1.82) is 0 Å². The number of nitrogens with zero attached hydrogens (tertiary/aromatic N) is 3. The molecule has 8 heteroatoms. The van der Waals surface area contributed by atoms with Crippen molar-refractivity contribution in [2.24, 2.45) is 0 Å². The van der Waals surface area contributed by atoms with Crippen LogP contribution in [-0.2, 0) is 21.3 Å². The zero-order valence-corrected chi connectivity index (χ0v) is 18.9. The zero-order chi connectivity index (χ0) is 21.8. The van der Waals surface area contributed by atoms with Crippen LogP contribution in [0, 0.1) is 6.92 Å². The summed E-state index contributed by atoms with van der Waals surface area (Å²) >= 11 is 6.22. The van der Waals surface area contributed by atoms with Gasteiger partial charge in [-0.2, -0.15) is 0 Å². The molecule has 1 saturated heterocycles. The van der Waals surface area contributed by atoms with Gasteiger partial charge in [0, 0.05) is 42.7 Å². The van der Waals surface area contributed by atoms with Gasteiger partial charge in [-0.15, -0.1) is 0 Å². The Labute approximate surface area is 189 Å². The first kappa shape index (κ1) is 21.6. The summed E-state index contributed by atoms with van der Waals surface area (Å²) in [4.78, 5) is 21.2. The number of aryl methyl sites for hydroxylation is 1. The lowest BCUT2D eigenvalue weighted by molar-refractivity contribution is -0.128. The lowest BCUT2D eigenvalue weighted by Crippen LogP contribution is -2.50. The smallest absolute Gasteiger partial charge is 0.235 e. The van der Waals surface area contributed by atoms with Gasteiger partial charge in [0.2, 0.25) is 11.8 Å². The Bertz CT molecular complexity index is 1080. The Hall–Kier alpha value is -2.64. The number of para-hydroxylation sites is 1. The molecule has 0 saturated carbocycles. The van der Waals surface area contributed by atoms with Gasteiger partial charge in [-0.3, -0.25) is 9.00 Å². The summed E-state index contributed by atoms with van der Waals surface area (Å²) in [6.07, 6.45) is 0. The predicted molar refractivity (Wildman–Crippen MR) is 124 cm³/mol. The fourth-order valence-corrected chi connectivity index (χ4v) is 4.95. The molecule has 2 heterocycles. The Morgan fingerprint density at radius 2 is 1.74 bits per heavy atom. The molecule has 0 radical (unpaired) electrons. The van der Waals surface area contributed by atoms with Gasteiger partial charge in [0.05, 0.1) is 22.0 Å². The molecular weight excluding hydrogens is 434 g/mol. The number of halogens is 1. The van der Waals surface area contributed by atoms with Crippen molar-refractivity contribution in [2.45, 2.75) is 12.7 Å². The summed E-state index contributed by atoms with van der Waals surface area (Å²) in [6.45, 7) is 4.58. The molecule has 162 valence electrons. The fraction of sp³-hybridized carbons (Fsp3) is 0.304. The van der Waals surface area contributed by atoms with E-state index in [0.29, 0.717) is 41.0 Å². The van der Waals surface area contributed by atoms with Crippen molar-refractivity contribution < 1.29 is 13.4 Å². The molecule has 6 nitrogen and oxygen atoms in total. The maximum atomic E-state index is 12.7. The average molecular weight is 458 g/mol. The number of hydrogen-bond donors (Lipinski definition) is 0. The number of amides is 1. The second-order valence-corrected chi connectivity index (χ2v) is 9.30. The van der Waals surface area contributed by atoms with Crippen molar-refractivity contribution in [3.63, 3.8) is 0 Å². The van der Waals surface area contributed by atoms with Gasteiger partial charge >= 0.3 is 0 Å². The van der Waals surface area contributed by atoms with Crippen molar-refractivity contribution >= 4 is 34.0 Å². The monoisotopic (exact) mass is 457 g/mol. The summed E-state index contributed by atoms with van der Waals surface area (Å²) in [6, 6.07) is 17.5. The van der Waals surface area contributed by atoms with Crippen LogP contribution >= 0.6 is 11.6 Å². The van der Waals surface area contributed by atoms with Gasteiger partial charge in [-0.05, 0) is 31.2 Å². The van der Waals surface area contributed by atoms with Crippen LogP contribution in [0.1, 0.15) is 11.5 Å². The Morgan fingerprint density at radius 3 is 2.45 bits per heavy atom. The minimum absolute atomic E-state index is 0.0148. The third-order valence-corrected chi connectivity index (χ3v) is 6.83. The van der Waals surface area contributed by atoms with E-state index in [9.17, 15) is 9.00 Å². The van der Waals surface area contributed by atoms with Crippen LogP contribution in [0.2, 0.25) is 5.02 Å². The quantitative estimate of drug-likeness (QED) is 0.561. The summed E-state index contributed by atoms with van der Waals surface area (Å²) in [7, 11) is -1.37. The maximum Gasteiger partial charge on any atom is 0.235 e. The third kappa shape index (κ3) is 5.17. The van der Waals surface area contributed by atoms with E-state index in [1.54, 1.807) is 17.9 Å². The largest absolute Gasteiger partial charge is 0.441 e. The first-order valence-corrected chi connectivity index (χ1v) is 12.0. The van der Waals surface area contributed by atoms with Gasteiger partial charge in [0.25, 0.3) is 0 Å². The van der Waals surface area contributed by atoms with Crippen molar-refractivity contribution in [3.8, 4) is 11.5 Å². The molecule has 1 aromatic heterocycles. The molecule has 4 rings (SSSR count). The molecule has 0 unspecified atom stereocenters. The number of rotatable bonds is 6. The van der Waals surface area contributed by atoms with E-state index in [1.165, 1.54) is 0 Å². The zero-order valence-electron chi connectivity index (χ0n) is 17.3. The van der Waals surface area contributed by atoms with Gasteiger partial charge in [-0.25, -0.2) is 4.98 Å². The Balaban J connectivity index is 1.32. The maximum absolute atomic E-state index is 12.7. The van der Waals surface area contributed by atoms with Crippen LogP contribution in [0.15, 0.2) is 59.0 Å². The predicted octanol–water partition coefficient (Wildman–Crippen LogP) is 3.90. The summed E-state index contributed by atoms with van der Waals surface area (Å²) < 4.78 is 18.4. The van der Waals surface area contributed by atoms with Gasteiger partial charge < -0.3 is 14.2 Å². The minimum atomic E-state index is -1.37. The van der Waals surface area contributed by atoms with Gasteiger partial charge in [-0.1, -0.05) is 41.9 Å². The van der Waals surface area contributed by atoms with E-state index in [1.807, 2.05) is 36.4 Å². The van der Waals surface area contributed by atoms with Crippen LogP contribution in [0.25, 0.3) is 11.5 Å². The number of carbonyl (C=O) groups is 1. The summed E-state index contributed by atoms with van der Waals surface area (Å²) in [5.41, 5.74) is 2.45. The molecule has 1 amide bonds. The second-order valence-electron chi connectivity index (χ2n) is 7.43. The molecular formula is C23H24ClN3O3S.